The molecule has 358 valence electrons. The van der Waals surface area contributed by atoms with Crippen LogP contribution in [0.3, 0.4) is 0 Å². The number of carboxylic acid groups (broad SMARTS) is 3. The fraction of sp³-hybridized carbons (Fsp3) is 0.611. The van der Waals surface area contributed by atoms with Crippen LogP contribution in [0.25, 0.3) is 0 Å². The van der Waals surface area contributed by atoms with Crippen LogP contribution >= 0.6 is 0 Å². The fourth-order valence-corrected chi connectivity index (χ4v) is 5.53. The molecule has 1 heterocycles. The van der Waals surface area contributed by atoms with Gasteiger partial charge in [-0.05, 0) is 38.5 Å². The van der Waals surface area contributed by atoms with Crippen LogP contribution in [-0.2, 0) is 54.4 Å². The second kappa shape index (κ2) is 27.9. The van der Waals surface area contributed by atoms with E-state index in [1.54, 1.807) is 13.8 Å². The zero-order valence-electron chi connectivity index (χ0n) is 35.4. The Bertz CT molecular complexity index is 1810. The molecule has 8 atom stereocenters. The van der Waals surface area contributed by atoms with Gasteiger partial charge in [0.05, 0.1) is 26.0 Å². The van der Waals surface area contributed by atoms with Gasteiger partial charge in [0.1, 0.15) is 48.3 Å². The lowest BCUT2D eigenvalue weighted by atomic mass is 10.0. The predicted molar refractivity (Wildman–Crippen MR) is 220 cm³/mol. The summed E-state index contributed by atoms with van der Waals surface area (Å²) in [6, 6.07) is -12.6. The summed E-state index contributed by atoms with van der Waals surface area (Å²) >= 11 is 0. The molecule has 0 saturated carbocycles. The molecule has 64 heavy (non-hydrogen) atoms. The fourth-order valence-electron chi connectivity index (χ4n) is 5.53. The van der Waals surface area contributed by atoms with Crippen LogP contribution in [0.1, 0.15) is 65.0 Å². The number of aliphatic hydroxyl groups excluding tert-OH is 2. The Morgan fingerprint density at radius 2 is 1.19 bits per heavy atom. The van der Waals surface area contributed by atoms with E-state index >= 15 is 0 Å². The summed E-state index contributed by atoms with van der Waals surface area (Å²) in [7, 11) is 0. The Kier molecular flexibility index (Phi) is 24.0. The normalized spacial score (nSPS) is 14.7. The van der Waals surface area contributed by atoms with Crippen molar-refractivity contribution in [2.45, 2.75) is 114 Å². The lowest BCUT2D eigenvalue weighted by Crippen LogP contribution is -2.61. The number of H-pyrrole nitrogens is 1. The van der Waals surface area contributed by atoms with Gasteiger partial charge in [-0.3, -0.25) is 48.1 Å². The van der Waals surface area contributed by atoms with Crippen LogP contribution in [0.5, 0.6) is 0 Å². The topological polar surface area (TPSA) is 475 Å². The number of carbonyl (C=O) groups excluding carboxylic acids is 7. The number of guanidine groups is 1. The number of aromatic nitrogens is 2. The number of aliphatic imine (C=N–C) groups is 1. The lowest BCUT2D eigenvalue weighted by molar-refractivity contribution is -0.143. The molecule has 0 aliphatic carbocycles. The molecule has 1 rings (SSSR count). The first-order chi connectivity index (χ1) is 30.0. The van der Waals surface area contributed by atoms with Gasteiger partial charge in [0.25, 0.3) is 0 Å². The number of imidazole rings is 1. The van der Waals surface area contributed by atoms with Crippen molar-refractivity contribution in [1.29, 1.82) is 0 Å². The molecule has 7 amide bonds. The third-order valence-corrected chi connectivity index (χ3v) is 8.90. The molecule has 0 bridgehead atoms. The first-order valence-corrected chi connectivity index (χ1v) is 19.8. The highest BCUT2D eigenvalue weighted by Crippen LogP contribution is 2.09. The molecule has 0 fully saturated rings. The average Bonchev–Trinajstić information content (AvgIpc) is 3.73. The van der Waals surface area contributed by atoms with Crippen molar-refractivity contribution < 1.29 is 73.5 Å². The van der Waals surface area contributed by atoms with E-state index in [0.717, 1.165) is 0 Å². The summed E-state index contributed by atoms with van der Waals surface area (Å²) in [4.78, 5) is 138. The molecule has 28 heteroatoms. The summed E-state index contributed by atoms with van der Waals surface area (Å²) < 4.78 is 0. The summed E-state index contributed by atoms with van der Waals surface area (Å²) in [5, 5.41) is 63.2. The number of aliphatic hydroxyl groups is 2. The highest BCUT2D eigenvalue weighted by molar-refractivity contribution is 5.98. The van der Waals surface area contributed by atoms with Crippen molar-refractivity contribution in [3.63, 3.8) is 0 Å². The Balaban J connectivity index is 3.31. The largest absolute Gasteiger partial charge is 0.481 e. The molecule has 0 aliphatic heterocycles. The van der Waals surface area contributed by atoms with Crippen molar-refractivity contribution in [3.05, 3.63) is 18.2 Å². The second-order valence-corrected chi connectivity index (χ2v) is 14.8. The Hall–Kier alpha value is -6.94. The monoisotopic (exact) mass is 913 g/mol. The maximum absolute atomic E-state index is 13.9. The van der Waals surface area contributed by atoms with Crippen LogP contribution in [0.2, 0.25) is 0 Å². The van der Waals surface area contributed by atoms with E-state index in [0.29, 0.717) is 0 Å². The number of amides is 7. The molecule has 1 aromatic rings. The van der Waals surface area contributed by atoms with Crippen molar-refractivity contribution in [2.75, 3.05) is 19.8 Å². The number of aliphatic carboxylic acids is 3. The number of hydrogen-bond acceptors (Lipinski definition) is 15. The van der Waals surface area contributed by atoms with Crippen LogP contribution in [-0.4, -0.2) is 169 Å². The van der Waals surface area contributed by atoms with Crippen molar-refractivity contribution in [2.24, 2.45) is 28.1 Å². The smallest absolute Gasteiger partial charge is 0.326 e. The second-order valence-electron chi connectivity index (χ2n) is 14.8. The number of hydrogen-bond donors (Lipinski definition) is 16. The number of nitrogens with one attached hydrogen (secondary N) is 8. The van der Waals surface area contributed by atoms with Crippen LogP contribution in [0.15, 0.2) is 17.5 Å². The molecule has 1 aromatic heterocycles. The van der Waals surface area contributed by atoms with E-state index in [-0.39, 0.29) is 49.8 Å². The maximum atomic E-state index is 13.9. The highest BCUT2D eigenvalue weighted by Gasteiger charge is 2.35. The van der Waals surface area contributed by atoms with Gasteiger partial charge >= 0.3 is 17.9 Å². The summed E-state index contributed by atoms with van der Waals surface area (Å²) in [6.07, 6.45) is 0.0587. The number of aromatic amines is 1. The van der Waals surface area contributed by atoms with Gasteiger partial charge in [-0.2, -0.15) is 0 Å². The van der Waals surface area contributed by atoms with Crippen LogP contribution in [0.4, 0.5) is 0 Å². The Labute approximate surface area is 365 Å². The van der Waals surface area contributed by atoms with E-state index in [1.165, 1.54) is 19.4 Å². The molecular formula is C36H59N13O15. The quantitative estimate of drug-likeness (QED) is 0.0194. The van der Waals surface area contributed by atoms with E-state index < -0.39 is 140 Å². The third-order valence-electron chi connectivity index (χ3n) is 8.90. The number of carbonyl (C=O) groups is 10. The predicted octanol–water partition coefficient (Wildman–Crippen LogP) is -6.80. The van der Waals surface area contributed by atoms with E-state index in [1.807, 2.05) is 0 Å². The van der Waals surface area contributed by atoms with Gasteiger partial charge in [-0.1, -0.05) is 13.8 Å². The Morgan fingerprint density at radius 3 is 1.72 bits per heavy atom. The van der Waals surface area contributed by atoms with Gasteiger partial charge in [0.15, 0.2) is 5.96 Å². The molecule has 28 nitrogen and oxygen atoms in total. The number of nitrogens with zero attached hydrogens (tertiary/aromatic N) is 2. The van der Waals surface area contributed by atoms with Crippen molar-refractivity contribution in [1.82, 2.24) is 47.2 Å². The molecule has 0 saturated heterocycles. The minimum Gasteiger partial charge on any atom is -0.481 e. The molecule has 19 N–H and O–H groups in total. The minimum atomic E-state index is -1.95. The van der Waals surface area contributed by atoms with Crippen LogP contribution < -0.4 is 54.4 Å². The van der Waals surface area contributed by atoms with Gasteiger partial charge < -0.3 is 84.9 Å². The molecular weight excluding hydrogens is 854 g/mol. The Morgan fingerprint density at radius 1 is 0.656 bits per heavy atom. The van der Waals surface area contributed by atoms with E-state index in [4.69, 9.17) is 22.3 Å². The molecule has 0 aromatic carbocycles. The van der Waals surface area contributed by atoms with Gasteiger partial charge in [-0.25, -0.2) is 9.78 Å². The average molecular weight is 914 g/mol. The van der Waals surface area contributed by atoms with E-state index in [2.05, 4.69) is 52.2 Å². The van der Waals surface area contributed by atoms with Crippen LogP contribution in [0, 0.1) is 5.92 Å². The summed E-state index contributed by atoms with van der Waals surface area (Å²) in [5.41, 5.74) is 16.4. The van der Waals surface area contributed by atoms with E-state index in [9.17, 15) is 68.4 Å². The SMILES string of the molecule is CC(C)C[C@H](NC(=O)[C@H](Cc1cnc[nH]1)NC(=O)[C@H](CC(=O)O)NC(=O)[C@H](CO)NC(=O)[C@H](CCCN=C(N)N)NC(=O)[C@@H](N)CO)C(=O)N[C@@H](C)C(=O)N[C@@H](CCC(=O)O)C(=O)O. The van der Waals surface area contributed by atoms with Gasteiger partial charge in [-0.15, -0.1) is 0 Å². The zero-order chi connectivity index (χ0) is 48.7. The van der Waals surface area contributed by atoms with Crippen molar-refractivity contribution >= 4 is 65.2 Å². The number of rotatable bonds is 30. The molecule has 0 spiro atoms. The lowest BCUT2D eigenvalue weighted by Gasteiger charge is -2.27. The summed E-state index contributed by atoms with van der Waals surface area (Å²) in [5.74, 6) is -12.3. The third kappa shape index (κ3) is 20.8. The van der Waals surface area contributed by atoms with Gasteiger partial charge in [0, 0.05) is 31.3 Å². The van der Waals surface area contributed by atoms with Gasteiger partial charge in [0.2, 0.25) is 41.4 Å². The molecule has 0 unspecified atom stereocenters. The maximum Gasteiger partial charge on any atom is 0.326 e. The number of nitrogens with two attached hydrogens (primary N) is 3. The first kappa shape index (κ1) is 55.1. The minimum absolute atomic E-state index is 0.0160. The standard InChI is InChI=1S/C36H59N13O15/c1-16(2)9-22(31(59)43-17(3)28(56)45-21(35(63)64)6-7-26(52)53)46-32(60)23(10-18-12-40-15-42-18)47-33(61)24(11-27(54)55)48-34(62)25(14-51)49-30(58)20(5-4-8-41-36(38)39)44-29(57)19(37)13-50/h12,15-17,19-25,50-51H,4-11,13-14,37H2,1-3H3,(H,40,42)(H,43,59)(H,44,57)(H,45,56)(H,46,60)(H,47,61)(H,48,62)(H,49,58)(H,52,53)(H,54,55)(H,63,64)(H4,38,39,41)/t17-,19-,20-,21-,22-,23-,24-,25-/m0/s1. The zero-order valence-corrected chi connectivity index (χ0v) is 35.4. The summed E-state index contributed by atoms with van der Waals surface area (Å²) in [6.45, 7) is 2.75. The molecule has 0 aliphatic rings. The first-order valence-electron chi connectivity index (χ1n) is 19.8. The molecule has 0 radical (unpaired) electrons. The number of carboxylic acids is 3. The van der Waals surface area contributed by atoms with Crippen molar-refractivity contribution in [3.8, 4) is 0 Å². The highest BCUT2D eigenvalue weighted by atomic mass is 16.4.